The van der Waals surface area contributed by atoms with Gasteiger partial charge in [-0.15, -0.1) is 0 Å². The van der Waals surface area contributed by atoms with Crippen molar-refractivity contribution in [2.24, 2.45) is 0 Å². The fourth-order valence-electron chi connectivity index (χ4n) is 1.74. The Bertz CT molecular complexity index is 268. The van der Waals surface area contributed by atoms with Crippen LogP contribution in [-0.2, 0) is 14.3 Å². The molecule has 1 heterocycles. The van der Waals surface area contributed by atoms with Crippen molar-refractivity contribution in [3.8, 4) is 0 Å². The molecular weight excluding hydrogens is 204 g/mol. The molecule has 0 aliphatic carbocycles. The average Bonchev–Trinajstić information content (AvgIpc) is 2.56. The van der Waals surface area contributed by atoms with Gasteiger partial charge in [0.25, 0.3) is 0 Å². The molecule has 1 aliphatic rings. The lowest BCUT2D eigenvalue weighted by molar-refractivity contribution is -0.123. The molecule has 0 bridgehead atoms. The lowest BCUT2D eigenvalue weighted by atomic mass is 10.2. The first-order valence-electron chi connectivity index (χ1n) is 6.27. The van der Waals surface area contributed by atoms with Crippen LogP contribution in [0.15, 0.2) is 11.5 Å². The molecule has 0 radical (unpaired) electrons. The van der Waals surface area contributed by atoms with Gasteiger partial charge in [0.15, 0.2) is 6.10 Å². The third kappa shape index (κ3) is 3.26. The van der Waals surface area contributed by atoms with E-state index in [1.54, 1.807) is 6.92 Å². The number of ether oxygens (including phenoxy) is 2. The summed E-state index contributed by atoms with van der Waals surface area (Å²) >= 11 is 0. The molecule has 0 aromatic rings. The van der Waals surface area contributed by atoms with Crippen LogP contribution in [-0.4, -0.2) is 18.5 Å². The zero-order chi connectivity index (χ0) is 12.0. The van der Waals surface area contributed by atoms with E-state index in [2.05, 4.69) is 6.92 Å². The van der Waals surface area contributed by atoms with Crippen LogP contribution in [0.1, 0.15) is 52.9 Å². The molecule has 3 heteroatoms. The van der Waals surface area contributed by atoms with E-state index in [4.69, 9.17) is 9.47 Å². The molecule has 1 unspecified atom stereocenters. The number of Topliss-reactive ketones (excluding diaryl/α,β-unsaturated/α-hetero) is 1. The van der Waals surface area contributed by atoms with Crippen LogP contribution in [0, 0.1) is 0 Å². The van der Waals surface area contributed by atoms with Crippen molar-refractivity contribution in [1.29, 1.82) is 0 Å². The van der Waals surface area contributed by atoms with Crippen LogP contribution in [0.5, 0.6) is 0 Å². The quantitative estimate of drug-likeness (QED) is 0.625. The maximum Gasteiger partial charge on any atom is 0.240 e. The lowest BCUT2D eigenvalue weighted by Crippen LogP contribution is -2.15. The number of hydrogen-bond donors (Lipinski definition) is 0. The summed E-state index contributed by atoms with van der Waals surface area (Å²) in [4.78, 5) is 11.7. The summed E-state index contributed by atoms with van der Waals surface area (Å²) < 4.78 is 11.0. The number of carbonyl (C=O) groups excluding carboxylic acids is 1. The van der Waals surface area contributed by atoms with Gasteiger partial charge < -0.3 is 9.47 Å². The molecular formula is C13H22O3. The monoisotopic (exact) mass is 226 g/mol. The molecule has 16 heavy (non-hydrogen) atoms. The number of allylic oxidation sites excluding steroid dienone is 1. The Kier molecular flexibility index (Phi) is 5.36. The van der Waals surface area contributed by atoms with Crippen LogP contribution < -0.4 is 0 Å². The van der Waals surface area contributed by atoms with Crippen LogP contribution in [0.4, 0.5) is 0 Å². The van der Waals surface area contributed by atoms with Gasteiger partial charge in [-0.05, 0) is 13.3 Å². The van der Waals surface area contributed by atoms with E-state index in [-0.39, 0.29) is 11.9 Å². The second-order valence-corrected chi connectivity index (χ2v) is 4.14. The number of hydrogen-bond acceptors (Lipinski definition) is 3. The van der Waals surface area contributed by atoms with Crippen LogP contribution in [0.25, 0.3) is 0 Å². The third-order valence-corrected chi connectivity index (χ3v) is 2.73. The molecule has 0 fully saturated rings. The van der Waals surface area contributed by atoms with Crippen LogP contribution >= 0.6 is 0 Å². The predicted octanol–water partition coefficient (Wildman–Crippen LogP) is 3.19. The Morgan fingerprint density at radius 2 is 2.00 bits per heavy atom. The van der Waals surface area contributed by atoms with Crippen LogP contribution in [0.2, 0.25) is 0 Å². The second kappa shape index (κ2) is 6.56. The van der Waals surface area contributed by atoms with Gasteiger partial charge >= 0.3 is 0 Å². The van der Waals surface area contributed by atoms with Crippen molar-refractivity contribution in [2.75, 3.05) is 6.61 Å². The van der Waals surface area contributed by atoms with Gasteiger partial charge in [-0.3, -0.25) is 4.79 Å². The Morgan fingerprint density at radius 1 is 1.25 bits per heavy atom. The highest BCUT2D eigenvalue weighted by atomic mass is 16.5. The largest absolute Gasteiger partial charge is 0.487 e. The molecule has 0 N–H and O–H groups in total. The maximum atomic E-state index is 11.7. The molecule has 92 valence electrons. The van der Waals surface area contributed by atoms with E-state index in [0.29, 0.717) is 18.1 Å². The van der Waals surface area contributed by atoms with Crippen LogP contribution in [0.3, 0.4) is 0 Å². The predicted molar refractivity (Wildman–Crippen MR) is 63.0 cm³/mol. The third-order valence-electron chi connectivity index (χ3n) is 2.73. The van der Waals surface area contributed by atoms with Crippen molar-refractivity contribution < 1.29 is 14.3 Å². The highest BCUT2D eigenvalue weighted by Crippen LogP contribution is 2.25. The first-order chi connectivity index (χ1) is 7.70. The van der Waals surface area contributed by atoms with Crippen molar-refractivity contribution in [1.82, 2.24) is 0 Å². The molecule has 3 nitrogen and oxygen atoms in total. The minimum absolute atomic E-state index is 0.00709. The second-order valence-electron chi connectivity index (χ2n) is 4.14. The van der Waals surface area contributed by atoms with E-state index in [1.807, 2.05) is 6.92 Å². The highest BCUT2D eigenvalue weighted by Gasteiger charge is 2.32. The van der Waals surface area contributed by atoms with E-state index in [9.17, 15) is 4.79 Å². The summed E-state index contributed by atoms with van der Waals surface area (Å²) in [5, 5.41) is 0. The number of ketones is 1. The Hall–Kier alpha value is -0.990. The first-order valence-corrected chi connectivity index (χ1v) is 6.27. The molecule has 1 rings (SSSR count). The molecule has 0 aromatic carbocycles. The van der Waals surface area contributed by atoms with Gasteiger partial charge in [-0.25, -0.2) is 0 Å². The summed E-state index contributed by atoms with van der Waals surface area (Å²) in [6.45, 7) is 6.54. The van der Waals surface area contributed by atoms with Gasteiger partial charge in [0.2, 0.25) is 11.5 Å². The van der Waals surface area contributed by atoms with Crippen molar-refractivity contribution >= 4 is 5.78 Å². The number of carbonyl (C=O) groups is 1. The fourth-order valence-corrected chi connectivity index (χ4v) is 1.74. The zero-order valence-corrected chi connectivity index (χ0v) is 10.5. The van der Waals surface area contributed by atoms with E-state index < -0.39 is 0 Å². The highest BCUT2D eigenvalue weighted by molar-refractivity contribution is 5.99. The molecule has 0 spiro atoms. The molecule has 0 saturated carbocycles. The first kappa shape index (κ1) is 13.1. The van der Waals surface area contributed by atoms with Gasteiger partial charge in [0, 0.05) is 6.42 Å². The van der Waals surface area contributed by atoms with Crippen molar-refractivity contribution in [3.05, 3.63) is 11.5 Å². The molecule has 0 amide bonds. The smallest absolute Gasteiger partial charge is 0.240 e. The van der Waals surface area contributed by atoms with E-state index in [0.717, 1.165) is 19.3 Å². The molecule has 0 saturated heterocycles. The summed E-state index contributed by atoms with van der Waals surface area (Å²) in [6.07, 6.45) is 4.97. The topological polar surface area (TPSA) is 35.5 Å². The van der Waals surface area contributed by atoms with Gasteiger partial charge in [-0.1, -0.05) is 33.1 Å². The normalized spacial score (nSPS) is 20.2. The van der Waals surface area contributed by atoms with E-state index in [1.165, 1.54) is 12.8 Å². The van der Waals surface area contributed by atoms with Gasteiger partial charge in [-0.2, -0.15) is 0 Å². The average molecular weight is 226 g/mol. The minimum Gasteiger partial charge on any atom is -0.487 e. The molecule has 1 aliphatic heterocycles. The fraction of sp³-hybridized carbons (Fsp3) is 0.769. The van der Waals surface area contributed by atoms with Gasteiger partial charge in [0.05, 0.1) is 6.61 Å². The number of rotatable bonds is 7. The Labute approximate surface area is 97.8 Å². The zero-order valence-electron chi connectivity index (χ0n) is 10.5. The van der Waals surface area contributed by atoms with Crippen molar-refractivity contribution in [2.45, 2.75) is 59.0 Å². The van der Waals surface area contributed by atoms with Crippen molar-refractivity contribution in [3.63, 3.8) is 0 Å². The molecule has 0 aromatic heterocycles. The maximum absolute atomic E-state index is 11.7. The Balaban J connectivity index is 2.36. The standard InChI is InChI=1S/C13H22O3/c1-4-6-7-8-9-15-13-11(5-2)16-10(3)12(13)14/h10H,4-9H2,1-3H3. The molecule has 1 atom stereocenters. The minimum atomic E-state index is -0.361. The summed E-state index contributed by atoms with van der Waals surface area (Å²) in [5.41, 5.74) is 0. The summed E-state index contributed by atoms with van der Waals surface area (Å²) in [5.74, 6) is 1.17. The lowest BCUT2D eigenvalue weighted by Gasteiger charge is -2.05. The Morgan fingerprint density at radius 3 is 2.62 bits per heavy atom. The van der Waals surface area contributed by atoms with E-state index >= 15 is 0 Å². The van der Waals surface area contributed by atoms with Gasteiger partial charge in [0.1, 0.15) is 5.76 Å². The SMILES string of the molecule is CCCCCCOC1=C(CC)OC(C)C1=O. The number of unbranched alkanes of at least 4 members (excludes halogenated alkanes) is 3. The summed E-state index contributed by atoms with van der Waals surface area (Å²) in [6, 6.07) is 0. The summed E-state index contributed by atoms with van der Waals surface area (Å²) in [7, 11) is 0.